The van der Waals surface area contributed by atoms with Gasteiger partial charge in [0.2, 0.25) is 5.91 Å². The molecular weight excluding hydrogens is 280 g/mol. The van der Waals surface area contributed by atoms with E-state index in [1.54, 1.807) is 4.90 Å². The minimum atomic E-state index is -0.474. The third kappa shape index (κ3) is 3.39. The Labute approximate surface area is 134 Å². The third-order valence-corrected chi connectivity index (χ3v) is 4.69. The molecule has 5 nitrogen and oxygen atoms in total. The molecule has 5 heteroatoms. The molecule has 2 fully saturated rings. The van der Waals surface area contributed by atoms with Gasteiger partial charge in [-0.2, -0.15) is 0 Å². The fraction of sp³-hybridized carbons (Fsp3) is 0.882. The van der Waals surface area contributed by atoms with E-state index in [2.05, 4.69) is 20.8 Å². The van der Waals surface area contributed by atoms with Crippen LogP contribution in [-0.4, -0.2) is 52.6 Å². The van der Waals surface area contributed by atoms with E-state index in [1.807, 2.05) is 25.7 Å². The first-order valence-corrected chi connectivity index (χ1v) is 8.25. The van der Waals surface area contributed by atoms with Gasteiger partial charge in [-0.3, -0.25) is 4.79 Å². The maximum Gasteiger partial charge on any atom is 0.410 e. The molecule has 0 bridgehead atoms. The zero-order valence-electron chi connectivity index (χ0n) is 14.9. The first-order chi connectivity index (χ1) is 9.95. The normalized spacial score (nSPS) is 22.4. The molecular formula is C17H30N2O3. The Morgan fingerprint density at radius 3 is 1.91 bits per heavy atom. The Morgan fingerprint density at radius 2 is 1.50 bits per heavy atom. The number of rotatable bonds is 0. The standard InChI is InChI=1S/C17H30N2O3/c1-15(2,3)19-12-9-17(13(19)20)7-10-18(11-8-17)14(21)22-16(4,5)6/h7-12H2,1-6H3. The van der Waals surface area contributed by atoms with Gasteiger partial charge < -0.3 is 14.5 Å². The molecule has 126 valence electrons. The van der Waals surface area contributed by atoms with Crippen LogP contribution in [-0.2, 0) is 9.53 Å². The van der Waals surface area contributed by atoms with Crippen molar-refractivity contribution < 1.29 is 14.3 Å². The van der Waals surface area contributed by atoms with Crippen molar-refractivity contribution in [2.24, 2.45) is 5.41 Å². The number of hydrogen-bond donors (Lipinski definition) is 0. The van der Waals surface area contributed by atoms with Crippen LogP contribution in [0.2, 0.25) is 0 Å². The van der Waals surface area contributed by atoms with Crippen LogP contribution >= 0.6 is 0 Å². The van der Waals surface area contributed by atoms with Crippen molar-refractivity contribution in [2.75, 3.05) is 19.6 Å². The monoisotopic (exact) mass is 310 g/mol. The van der Waals surface area contributed by atoms with Gasteiger partial charge in [0, 0.05) is 25.2 Å². The zero-order valence-corrected chi connectivity index (χ0v) is 14.9. The summed E-state index contributed by atoms with van der Waals surface area (Å²) < 4.78 is 5.42. The molecule has 2 aliphatic rings. The third-order valence-electron chi connectivity index (χ3n) is 4.69. The van der Waals surface area contributed by atoms with Gasteiger partial charge in [0.15, 0.2) is 0 Å². The maximum absolute atomic E-state index is 12.8. The van der Waals surface area contributed by atoms with Gasteiger partial charge in [0.25, 0.3) is 0 Å². The molecule has 0 aromatic rings. The second-order valence-corrected chi connectivity index (χ2v) is 8.63. The van der Waals surface area contributed by atoms with Crippen molar-refractivity contribution in [1.82, 2.24) is 9.80 Å². The molecule has 1 spiro atoms. The average molecular weight is 310 g/mol. The van der Waals surface area contributed by atoms with E-state index in [0.29, 0.717) is 13.1 Å². The van der Waals surface area contributed by atoms with Gasteiger partial charge >= 0.3 is 6.09 Å². The van der Waals surface area contributed by atoms with Gasteiger partial charge in [-0.25, -0.2) is 4.79 Å². The minimum Gasteiger partial charge on any atom is -0.444 e. The Kier molecular flexibility index (Phi) is 4.22. The van der Waals surface area contributed by atoms with Crippen LogP contribution in [0.15, 0.2) is 0 Å². The summed E-state index contributed by atoms with van der Waals surface area (Å²) in [4.78, 5) is 28.7. The smallest absolute Gasteiger partial charge is 0.410 e. The van der Waals surface area contributed by atoms with Crippen LogP contribution in [0.25, 0.3) is 0 Å². The van der Waals surface area contributed by atoms with Gasteiger partial charge in [-0.05, 0) is 60.8 Å². The van der Waals surface area contributed by atoms with Crippen molar-refractivity contribution in [2.45, 2.75) is 71.9 Å². The molecule has 0 aromatic heterocycles. The van der Waals surface area contributed by atoms with E-state index in [1.165, 1.54) is 0 Å². The number of carbonyl (C=O) groups is 2. The minimum absolute atomic E-state index is 0.122. The fourth-order valence-corrected chi connectivity index (χ4v) is 3.37. The summed E-state index contributed by atoms with van der Waals surface area (Å²) in [7, 11) is 0. The van der Waals surface area contributed by atoms with Gasteiger partial charge in [-0.1, -0.05) is 0 Å². The quantitative estimate of drug-likeness (QED) is 0.691. The van der Waals surface area contributed by atoms with E-state index in [9.17, 15) is 9.59 Å². The van der Waals surface area contributed by atoms with Crippen LogP contribution in [0.4, 0.5) is 4.79 Å². The summed E-state index contributed by atoms with van der Waals surface area (Å²) in [6.07, 6.45) is 2.14. The Balaban J connectivity index is 1.98. The Bertz CT molecular complexity index is 452. The molecule has 2 amide bonds. The number of piperidine rings is 1. The number of hydrogen-bond acceptors (Lipinski definition) is 3. The molecule has 0 radical (unpaired) electrons. The predicted molar refractivity (Wildman–Crippen MR) is 85.6 cm³/mol. The molecule has 2 saturated heterocycles. The molecule has 2 heterocycles. The van der Waals surface area contributed by atoms with Crippen molar-refractivity contribution >= 4 is 12.0 Å². The van der Waals surface area contributed by atoms with E-state index < -0.39 is 5.60 Å². The van der Waals surface area contributed by atoms with Crippen LogP contribution in [0, 0.1) is 5.41 Å². The molecule has 0 atom stereocenters. The molecule has 2 aliphatic heterocycles. The topological polar surface area (TPSA) is 49.9 Å². The molecule has 0 N–H and O–H groups in total. The lowest BCUT2D eigenvalue weighted by Crippen LogP contribution is -2.50. The molecule has 0 saturated carbocycles. The number of carbonyl (C=O) groups excluding carboxylic acids is 2. The maximum atomic E-state index is 12.8. The first-order valence-electron chi connectivity index (χ1n) is 8.25. The van der Waals surface area contributed by atoms with Crippen molar-refractivity contribution in [3.8, 4) is 0 Å². The molecule has 0 unspecified atom stereocenters. The van der Waals surface area contributed by atoms with E-state index >= 15 is 0 Å². The van der Waals surface area contributed by atoms with Crippen LogP contribution in [0.1, 0.15) is 60.8 Å². The number of likely N-dealkylation sites (tertiary alicyclic amines) is 2. The van der Waals surface area contributed by atoms with E-state index in [-0.39, 0.29) is 23.0 Å². The van der Waals surface area contributed by atoms with E-state index in [0.717, 1.165) is 25.8 Å². The lowest BCUT2D eigenvalue weighted by atomic mass is 9.77. The number of ether oxygens (including phenoxy) is 1. The fourth-order valence-electron chi connectivity index (χ4n) is 3.37. The summed E-state index contributed by atoms with van der Waals surface area (Å²) in [6, 6.07) is 0. The highest BCUT2D eigenvalue weighted by Gasteiger charge is 2.51. The second kappa shape index (κ2) is 5.43. The SMILES string of the molecule is CC(C)(C)OC(=O)N1CCC2(CC1)CCN(C(C)(C)C)C2=O. The van der Waals surface area contributed by atoms with Crippen molar-refractivity contribution in [3.63, 3.8) is 0 Å². The molecule has 22 heavy (non-hydrogen) atoms. The summed E-state index contributed by atoms with van der Waals surface area (Å²) >= 11 is 0. The highest BCUT2D eigenvalue weighted by molar-refractivity contribution is 5.86. The highest BCUT2D eigenvalue weighted by atomic mass is 16.6. The summed E-state index contributed by atoms with van der Waals surface area (Å²) in [5.41, 5.74) is -0.854. The van der Waals surface area contributed by atoms with Crippen molar-refractivity contribution in [1.29, 1.82) is 0 Å². The van der Waals surface area contributed by atoms with Gasteiger partial charge in [0.05, 0.1) is 5.41 Å². The molecule has 0 aliphatic carbocycles. The summed E-state index contributed by atoms with van der Waals surface area (Å²) in [6.45, 7) is 13.9. The number of nitrogens with zero attached hydrogens (tertiary/aromatic N) is 2. The molecule has 2 rings (SSSR count). The second-order valence-electron chi connectivity index (χ2n) is 8.63. The summed E-state index contributed by atoms with van der Waals surface area (Å²) in [5.74, 6) is 0.267. The Hall–Kier alpha value is -1.26. The first kappa shape index (κ1) is 17.1. The van der Waals surface area contributed by atoms with Crippen LogP contribution in [0.3, 0.4) is 0 Å². The van der Waals surface area contributed by atoms with Gasteiger partial charge in [-0.15, -0.1) is 0 Å². The Morgan fingerprint density at radius 1 is 1.00 bits per heavy atom. The largest absolute Gasteiger partial charge is 0.444 e. The average Bonchev–Trinajstić information content (AvgIpc) is 2.65. The predicted octanol–water partition coefficient (Wildman–Crippen LogP) is 3.03. The van der Waals surface area contributed by atoms with Gasteiger partial charge in [0.1, 0.15) is 5.60 Å². The van der Waals surface area contributed by atoms with Crippen molar-refractivity contribution in [3.05, 3.63) is 0 Å². The van der Waals surface area contributed by atoms with Crippen LogP contribution < -0.4 is 0 Å². The van der Waals surface area contributed by atoms with E-state index in [4.69, 9.17) is 4.74 Å². The highest BCUT2D eigenvalue weighted by Crippen LogP contribution is 2.43. The zero-order chi connectivity index (χ0) is 16.8. The molecule has 0 aromatic carbocycles. The lowest BCUT2D eigenvalue weighted by Gasteiger charge is -2.40. The number of amides is 2. The summed E-state index contributed by atoms with van der Waals surface area (Å²) in [5, 5.41) is 0. The van der Waals surface area contributed by atoms with Crippen LogP contribution in [0.5, 0.6) is 0 Å². The lowest BCUT2D eigenvalue weighted by molar-refractivity contribution is -0.142.